The van der Waals surface area contributed by atoms with E-state index in [1.807, 2.05) is 38.0 Å². The Hall–Kier alpha value is -3.41. The number of likely N-dealkylation sites (N-methyl/N-ethyl adjacent to an activating group) is 3. The molecule has 402 valence electrons. The van der Waals surface area contributed by atoms with Crippen molar-refractivity contribution in [1.29, 1.82) is 0 Å². The van der Waals surface area contributed by atoms with Gasteiger partial charge in [0.25, 0.3) is 0 Å². The van der Waals surface area contributed by atoms with Gasteiger partial charge in [-0.15, -0.1) is 0 Å². The number of nitrogens with zero attached hydrogens (tertiary/aromatic N) is 3. The van der Waals surface area contributed by atoms with Gasteiger partial charge in [-0.2, -0.15) is 0 Å². The molecule has 0 aliphatic heterocycles. The van der Waals surface area contributed by atoms with Gasteiger partial charge in [0, 0.05) is 49.4 Å². The van der Waals surface area contributed by atoms with Gasteiger partial charge in [-0.1, -0.05) is 105 Å². The summed E-state index contributed by atoms with van der Waals surface area (Å²) in [6.45, 7) is 30.0. The van der Waals surface area contributed by atoms with Crippen LogP contribution in [-0.4, -0.2) is 176 Å². The molecule has 0 aliphatic rings. The van der Waals surface area contributed by atoms with Crippen molar-refractivity contribution in [2.24, 2.45) is 0 Å². The van der Waals surface area contributed by atoms with E-state index in [4.69, 9.17) is 18.9 Å². The lowest BCUT2D eigenvalue weighted by molar-refractivity contribution is -0.140. The zero-order valence-corrected chi connectivity index (χ0v) is 45.3. The minimum absolute atomic E-state index is 0.152. The Bertz CT molecular complexity index is 1580. The van der Waals surface area contributed by atoms with Crippen LogP contribution in [0.3, 0.4) is 0 Å². The van der Waals surface area contributed by atoms with Crippen LogP contribution in [0.15, 0.2) is 36.5 Å². The number of carbonyl (C=O) groups is 5. The summed E-state index contributed by atoms with van der Waals surface area (Å²) < 4.78 is 85.4. The van der Waals surface area contributed by atoms with Crippen LogP contribution < -0.4 is 0 Å². The monoisotopic (exact) mass is 1020 g/mol. The standard InChI is InChI=1S/C15H32O5S.C10H19NO2.2C8H15NO2.C6H10O5S/c1-2-3-4-5-6-7-8-9-10-11-12-13-19-14-15-20-21(16,17)18;1-5-11(6-2)7-8-13-10(12)9(3)4;2*1-7(2)8(10)11-6-5-9(3)4;1-4(7)3-6(5(2)8)12(9,10)11/h2-15H2,1H3,(H,16,17,18);3,5-8H2,1-2,4H3;2*1,5-6H2,2-4H3;6H,3H2,1-2H3,(H,9,10,11)/p-2. The fraction of sp³-hybridized carbons (Fsp3) is 0.766. The molecule has 0 fully saturated rings. The smallest absolute Gasteiger partial charge is 0.333 e. The van der Waals surface area contributed by atoms with Gasteiger partial charge in [0.15, 0.2) is 0 Å². The third-order valence-electron chi connectivity index (χ3n) is 8.75. The maximum absolute atomic E-state index is 11.0. The summed E-state index contributed by atoms with van der Waals surface area (Å²) in [7, 11) is -1.55. The molecule has 0 aromatic heterocycles. The van der Waals surface area contributed by atoms with Crippen LogP contribution in [-0.2, 0) is 67.6 Å². The molecule has 19 nitrogen and oxygen atoms in total. The van der Waals surface area contributed by atoms with E-state index in [1.165, 1.54) is 57.8 Å². The van der Waals surface area contributed by atoms with E-state index in [-0.39, 0.29) is 31.1 Å². The predicted octanol–water partition coefficient (Wildman–Crippen LogP) is 6.04. The quantitative estimate of drug-likeness (QED) is 0.0178. The second kappa shape index (κ2) is 47.3. The zero-order chi connectivity index (χ0) is 53.7. The molecule has 0 amide bonds. The Labute approximate surface area is 411 Å². The average molecular weight is 1020 g/mol. The Morgan fingerprint density at radius 1 is 0.515 bits per heavy atom. The molecule has 0 aliphatic carbocycles. The minimum atomic E-state index is -4.68. The number of carbonyl (C=O) groups excluding carboxylic acids is 5. The Kier molecular flexibility index (Phi) is 51.1. The third kappa shape index (κ3) is 60.6. The van der Waals surface area contributed by atoms with E-state index < -0.39 is 43.8 Å². The van der Waals surface area contributed by atoms with E-state index in [2.05, 4.69) is 49.6 Å². The zero-order valence-electron chi connectivity index (χ0n) is 43.7. The normalized spacial score (nSPS) is 11.2. The van der Waals surface area contributed by atoms with Gasteiger partial charge in [0.1, 0.15) is 46.8 Å². The maximum Gasteiger partial charge on any atom is 0.333 e. The number of Topliss-reactive ketones (excluding diaryl/α,β-unsaturated/α-hetero) is 2. The fourth-order valence-electron chi connectivity index (χ4n) is 4.69. The minimum Gasteiger partial charge on any atom is -0.747 e. The van der Waals surface area contributed by atoms with Gasteiger partial charge in [-0.3, -0.25) is 13.8 Å². The summed E-state index contributed by atoms with van der Waals surface area (Å²) >= 11 is 0. The number of rotatable bonds is 34. The summed E-state index contributed by atoms with van der Waals surface area (Å²) in [6.07, 6.45) is 13.6. The molecule has 0 bridgehead atoms. The summed E-state index contributed by atoms with van der Waals surface area (Å²) in [6, 6.07) is 0. The first-order valence-electron chi connectivity index (χ1n) is 23.1. The lowest BCUT2D eigenvalue weighted by atomic mass is 10.1. The molecule has 0 rings (SSSR count). The SMILES string of the molecule is C=C(C)C(=O)OCCN(C)C.C=C(C)C(=O)OCCN(C)C.C=C(C)C(=O)OCCN(CC)CC.CC(=O)CC(C(C)=O)S(=O)(=O)[O-].CCCCCCCCCCCCCOCCOS(=O)(=O)[O-]. The first kappa shape index (κ1) is 73.6. The highest BCUT2D eigenvalue weighted by molar-refractivity contribution is 7.87. The van der Waals surface area contributed by atoms with E-state index in [9.17, 15) is 49.9 Å². The topological polar surface area (TPSA) is 256 Å². The van der Waals surface area contributed by atoms with Gasteiger partial charge in [-0.25, -0.2) is 31.2 Å². The lowest BCUT2D eigenvalue weighted by Crippen LogP contribution is -2.30. The van der Waals surface area contributed by atoms with Crippen LogP contribution in [0.2, 0.25) is 0 Å². The van der Waals surface area contributed by atoms with Crippen LogP contribution >= 0.6 is 0 Å². The molecule has 0 heterocycles. The molecular weight excluding hydrogens is 927 g/mol. The van der Waals surface area contributed by atoms with Crippen LogP contribution in [0.4, 0.5) is 0 Å². The molecule has 0 saturated heterocycles. The van der Waals surface area contributed by atoms with E-state index in [0.717, 1.165) is 59.4 Å². The van der Waals surface area contributed by atoms with Crippen molar-refractivity contribution in [2.45, 2.75) is 138 Å². The van der Waals surface area contributed by atoms with Crippen molar-refractivity contribution in [3.05, 3.63) is 36.5 Å². The highest BCUT2D eigenvalue weighted by Gasteiger charge is 2.23. The molecule has 0 aromatic rings. The van der Waals surface area contributed by atoms with Crippen molar-refractivity contribution in [2.75, 3.05) is 101 Å². The molecular formula is C47H89N3O16S2-2. The van der Waals surface area contributed by atoms with Gasteiger partial charge in [0.2, 0.25) is 10.4 Å². The van der Waals surface area contributed by atoms with E-state index in [1.54, 1.807) is 20.8 Å². The molecule has 1 unspecified atom stereocenters. The van der Waals surface area contributed by atoms with Gasteiger partial charge < -0.3 is 42.8 Å². The maximum atomic E-state index is 11.0. The molecule has 68 heavy (non-hydrogen) atoms. The highest BCUT2D eigenvalue weighted by Crippen LogP contribution is 2.11. The van der Waals surface area contributed by atoms with Crippen molar-refractivity contribution in [3.63, 3.8) is 0 Å². The average Bonchev–Trinajstić information content (AvgIpc) is 3.22. The predicted molar refractivity (Wildman–Crippen MR) is 265 cm³/mol. The third-order valence-corrected chi connectivity index (χ3v) is 10.4. The Morgan fingerprint density at radius 3 is 1.13 bits per heavy atom. The molecule has 1 atom stereocenters. The number of hydrogen-bond donors (Lipinski definition) is 0. The van der Waals surface area contributed by atoms with Gasteiger partial charge >= 0.3 is 17.9 Å². The summed E-state index contributed by atoms with van der Waals surface area (Å²) in [5.41, 5.74) is 1.35. The summed E-state index contributed by atoms with van der Waals surface area (Å²) in [5.74, 6) is -2.21. The van der Waals surface area contributed by atoms with E-state index in [0.29, 0.717) is 43.1 Å². The van der Waals surface area contributed by atoms with Crippen molar-refractivity contribution in [3.8, 4) is 0 Å². The Morgan fingerprint density at radius 2 is 0.868 bits per heavy atom. The second-order valence-electron chi connectivity index (χ2n) is 16.3. The van der Waals surface area contributed by atoms with Crippen molar-refractivity contribution in [1.82, 2.24) is 14.7 Å². The van der Waals surface area contributed by atoms with Crippen LogP contribution in [0.1, 0.15) is 132 Å². The first-order chi connectivity index (χ1) is 31.5. The number of hydrogen-bond acceptors (Lipinski definition) is 19. The van der Waals surface area contributed by atoms with Crippen molar-refractivity contribution < 1.29 is 73.0 Å². The van der Waals surface area contributed by atoms with E-state index >= 15 is 0 Å². The molecule has 21 heteroatoms. The van der Waals surface area contributed by atoms with Crippen molar-refractivity contribution >= 4 is 50.0 Å². The number of ether oxygens (including phenoxy) is 4. The van der Waals surface area contributed by atoms with Gasteiger partial charge in [-0.05, 0) is 82.3 Å². The highest BCUT2D eigenvalue weighted by atomic mass is 32.3. The molecule has 0 N–H and O–H groups in total. The Balaban J connectivity index is -0.000000250. The lowest BCUT2D eigenvalue weighted by Gasteiger charge is -2.17. The molecule has 0 aromatic carbocycles. The van der Waals surface area contributed by atoms with Crippen LogP contribution in [0, 0.1) is 0 Å². The second-order valence-corrected chi connectivity index (χ2v) is 18.9. The first-order valence-corrected chi connectivity index (χ1v) is 25.9. The number of unbranched alkanes of at least 4 members (excludes halogenated alkanes) is 10. The van der Waals surface area contributed by atoms with Crippen LogP contribution in [0.5, 0.6) is 0 Å². The molecule has 0 radical (unpaired) electrons. The molecule has 0 spiro atoms. The molecule has 0 saturated carbocycles. The fourth-order valence-corrected chi connectivity index (χ4v) is 5.81. The summed E-state index contributed by atoms with van der Waals surface area (Å²) in [4.78, 5) is 59.7. The number of esters is 3. The number of ketones is 2. The van der Waals surface area contributed by atoms with Gasteiger partial charge in [0.05, 0.1) is 13.2 Å². The van der Waals surface area contributed by atoms with Crippen LogP contribution in [0.25, 0.3) is 0 Å². The largest absolute Gasteiger partial charge is 0.747 e. The summed E-state index contributed by atoms with van der Waals surface area (Å²) in [5, 5.41) is -1.71.